The van der Waals surface area contributed by atoms with Gasteiger partial charge in [-0.25, -0.2) is 0 Å². The van der Waals surface area contributed by atoms with E-state index in [-0.39, 0.29) is 11.5 Å². The number of nitrogens with two attached hydrogens (primary N) is 1. The van der Waals surface area contributed by atoms with E-state index in [4.69, 9.17) is 14.9 Å². The number of rotatable bonds is 3. The predicted molar refractivity (Wildman–Crippen MR) is 93.8 cm³/mol. The van der Waals surface area contributed by atoms with Gasteiger partial charge >= 0.3 is 0 Å². The molecule has 0 amide bonds. The van der Waals surface area contributed by atoms with E-state index in [1.54, 1.807) is 19.2 Å². The Bertz CT molecular complexity index is 969. The Labute approximate surface area is 140 Å². The van der Waals surface area contributed by atoms with E-state index in [2.05, 4.69) is 6.07 Å². The monoisotopic (exact) mass is 321 g/mol. The third kappa shape index (κ3) is 2.18. The fourth-order valence-corrected chi connectivity index (χ4v) is 3.47. The third-order valence-corrected chi connectivity index (χ3v) is 4.75. The molecule has 0 aliphatic heterocycles. The fourth-order valence-electron chi connectivity index (χ4n) is 3.47. The van der Waals surface area contributed by atoms with E-state index < -0.39 is 0 Å². The lowest BCUT2D eigenvalue weighted by Crippen LogP contribution is -2.05. The van der Waals surface area contributed by atoms with Gasteiger partial charge < -0.3 is 14.9 Å². The average molecular weight is 321 g/mol. The predicted octanol–water partition coefficient (Wildman–Crippen LogP) is 4.05. The standard InChI is InChI=1S/C20H19NO3/c1-11-6-7-16(23-2)15(8-11)19(22)20-18(21)14-9-12-4-3-5-13(12)10-17(14)24-20/h6-10H,3-5,21H2,1-2H3. The molecule has 2 N–H and O–H groups in total. The molecule has 122 valence electrons. The maximum atomic E-state index is 13.0. The molecule has 2 aromatic carbocycles. The van der Waals surface area contributed by atoms with Gasteiger partial charge in [-0.15, -0.1) is 0 Å². The Hall–Kier alpha value is -2.75. The number of hydrogen-bond donors (Lipinski definition) is 1. The van der Waals surface area contributed by atoms with Gasteiger partial charge in [0.15, 0.2) is 5.76 Å². The van der Waals surface area contributed by atoms with Crippen molar-refractivity contribution in [1.82, 2.24) is 0 Å². The van der Waals surface area contributed by atoms with Crippen LogP contribution in [0.2, 0.25) is 0 Å². The Morgan fingerprint density at radius 1 is 1.17 bits per heavy atom. The SMILES string of the molecule is COc1ccc(C)cc1C(=O)c1oc2cc3c(cc2c1N)CCC3. The molecule has 0 bridgehead atoms. The molecule has 3 aromatic rings. The number of anilines is 1. The second-order valence-corrected chi connectivity index (χ2v) is 6.35. The number of ether oxygens (including phenoxy) is 1. The van der Waals surface area contributed by atoms with Gasteiger partial charge in [0, 0.05) is 5.39 Å². The molecular formula is C20H19NO3. The second kappa shape index (κ2) is 5.41. The van der Waals surface area contributed by atoms with Crippen molar-refractivity contribution < 1.29 is 13.9 Å². The van der Waals surface area contributed by atoms with Gasteiger partial charge in [0.25, 0.3) is 0 Å². The summed E-state index contributed by atoms with van der Waals surface area (Å²) in [4.78, 5) is 13.0. The van der Waals surface area contributed by atoms with Crippen LogP contribution in [0.25, 0.3) is 11.0 Å². The lowest BCUT2D eigenvalue weighted by Gasteiger charge is -2.07. The summed E-state index contributed by atoms with van der Waals surface area (Å²) in [5.74, 6) is 0.468. The van der Waals surface area contributed by atoms with Crippen LogP contribution < -0.4 is 10.5 Å². The topological polar surface area (TPSA) is 65.5 Å². The fraction of sp³-hybridized carbons (Fsp3) is 0.250. The Kier molecular flexibility index (Phi) is 3.34. The summed E-state index contributed by atoms with van der Waals surface area (Å²) in [5.41, 5.74) is 11.4. The molecule has 4 nitrogen and oxygen atoms in total. The first-order valence-corrected chi connectivity index (χ1v) is 8.11. The highest BCUT2D eigenvalue weighted by atomic mass is 16.5. The highest BCUT2D eigenvalue weighted by molar-refractivity contribution is 6.15. The molecule has 0 saturated carbocycles. The third-order valence-electron chi connectivity index (χ3n) is 4.75. The quantitative estimate of drug-likeness (QED) is 0.739. The number of benzene rings is 2. The van der Waals surface area contributed by atoms with Crippen LogP contribution in [0.1, 0.15) is 39.2 Å². The van der Waals surface area contributed by atoms with Crippen LogP contribution in [0.4, 0.5) is 5.69 Å². The molecule has 1 heterocycles. The zero-order valence-electron chi connectivity index (χ0n) is 13.8. The van der Waals surface area contributed by atoms with Crippen LogP contribution in [0.3, 0.4) is 0 Å². The molecule has 0 radical (unpaired) electrons. The van der Waals surface area contributed by atoms with Crippen LogP contribution >= 0.6 is 0 Å². The molecular weight excluding hydrogens is 302 g/mol. The van der Waals surface area contributed by atoms with E-state index in [9.17, 15) is 4.79 Å². The van der Waals surface area contributed by atoms with Crippen LogP contribution in [0.5, 0.6) is 5.75 Å². The molecule has 4 rings (SSSR count). The lowest BCUT2D eigenvalue weighted by atomic mass is 10.0. The van der Waals surface area contributed by atoms with Gasteiger partial charge in [0.1, 0.15) is 11.3 Å². The minimum Gasteiger partial charge on any atom is -0.496 e. The highest BCUT2D eigenvalue weighted by Crippen LogP contribution is 2.36. The zero-order valence-corrected chi connectivity index (χ0v) is 13.8. The minimum atomic E-state index is -0.246. The van der Waals surface area contributed by atoms with Gasteiger partial charge in [-0.1, -0.05) is 11.6 Å². The first-order chi connectivity index (χ1) is 11.6. The molecule has 0 fully saturated rings. The summed E-state index contributed by atoms with van der Waals surface area (Å²) < 4.78 is 11.2. The number of carbonyl (C=O) groups is 1. The molecule has 0 saturated heterocycles. The van der Waals surface area contributed by atoms with Crippen LogP contribution in [0, 0.1) is 6.92 Å². The molecule has 1 aliphatic carbocycles. The van der Waals surface area contributed by atoms with Crippen molar-refractivity contribution in [2.75, 3.05) is 12.8 Å². The molecule has 1 aromatic heterocycles. The molecule has 0 unspecified atom stereocenters. The summed E-state index contributed by atoms with van der Waals surface area (Å²) in [6.45, 7) is 1.93. The van der Waals surface area contributed by atoms with E-state index in [1.165, 1.54) is 11.1 Å². The van der Waals surface area contributed by atoms with Crippen LogP contribution in [-0.4, -0.2) is 12.9 Å². The van der Waals surface area contributed by atoms with Crippen molar-refractivity contribution in [3.05, 3.63) is 58.3 Å². The highest BCUT2D eigenvalue weighted by Gasteiger charge is 2.24. The first-order valence-electron chi connectivity index (χ1n) is 8.11. The van der Waals surface area contributed by atoms with Gasteiger partial charge in [-0.05, 0) is 61.6 Å². The number of aryl methyl sites for hydroxylation is 3. The van der Waals surface area contributed by atoms with Crippen molar-refractivity contribution in [1.29, 1.82) is 0 Å². The van der Waals surface area contributed by atoms with Crippen molar-refractivity contribution in [3.8, 4) is 5.75 Å². The number of nitrogen functional groups attached to an aromatic ring is 1. The number of fused-ring (bicyclic) bond motifs is 2. The average Bonchev–Trinajstić information content (AvgIpc) is 3.16. The lowest BCUT2D eigenvalue weighted by molar-refractivity contribution is 0.101. The summed E-state index contributed by atoms with van der Waals surface area (Å²) in [6.07, 6.45) is 3.28. The zero-order chi connectivity index (χ0) is 16.8. The summed E-state index contributed by atoms with van der Waals surface area (Å²) in [7, 11) is 1.55. The van der Waals surface area contributed by atoms with Gasteiger partial charge in [0.05, 0.1) is 18.4 Å². The summed E-state index contributed by atoms with van der Waals surface area (Å²) in [6, 6.07) is 9.59. The Morgan fingerprint density at radius 3 is 2.67 bits per heavy atom. The smallest absolute Gasteiger partial charge is 0.234 e. The number of ketones is 1. The number of carbonyl (C=O) groups excluding carboxylic acids is 1. The van der Waals surface area contributed by atoms with Crippen molar-refractivity contribution in [3.63, 3.8) is 0 Å². The number of furan rings is 1. The molecule has 1 aliphatic rings. The van der Waals surface area contributed by atoms with Gasteiger partial charge in [-0.2, -0.15) is 0 Å². The number of hydrogen-bond acceptors (Lipinski definition) is 4. The molecule has 0 atom stereocenters. The second-order valence-electron chi connectivity index (χ2n) is 6.35. The number of methoxy groups -OCH3 is 1. The van der Waals surface area contributed by atoms with E-state index in [1.807, 2.05) is 19.1 Å². The summed E-state index contributed by atoms with van der Waals surface area (Å²) >= 11 is 0. The first kappa shape index (κ1) is 14.8. The maximum Gasteiger partial charge on any atom is 0.234 e. The van der Waals surface area contributed by atoms with Gasteiger partial charge in [-0.3, -0.25) is 4.79 Å². The van der Waals surface area contributed by atoms with Gasteiger partial charge in [0.2, 0.25) is 5.78 Å². The van der Waals surface area contributed by atoms with Crippen molar-refractivity contribution in [2.24, 2.45) is 0 Å². The minimum absolute atomic E-state index is 0.192. The van der Waals surface area contributed by atoms with Crippen molar-refractivity contribution in [2.45, 2.75) is 26.2 Å². The Morgan fingerprint density at radius 2 is 1.92 bits per heavy atom. The normalized spacial score (nSPS) is 13.2. The van der Waals surface area contributed by atoms with E-state index in [0.717, 1.165) is 30.2 Å². The molecule has 0 spiro atoms. The largest absolute Gasteiger partial charge is 0.496 e. The summed E-state index contributed by atoms with van der Waals surface area (Å²) in [5, 5.41) is 0.825. The van der Waals surface area contributed by atoms with Crippen LogP contribution in [-0.2, 0) is 12.8 Å². The molecule has 4 heteroatoms. The maximum absolute atomic E-state index is 13.0. The van der Waals surface area contributed by atoms with E-state index in [0.29, 0.717) is 22.6 Å². The van der Waals surface area contributed by atoms with Crippen molar-refractivity contribution >= 4 is 22.4 Å². The van der Waals surface area contributed by atoms with Crippen LogP contribution in [0.15, 0.2) is 34.7 Å². The molecule has 24 heavy (non-hydrogen) atoms. The Balaban J connectivity index is 1.86. The van der Waals surface area contributed by atoms with E-state index >= 15 is 0 Å².